The van der Waals surface area contributed by atoms with Crippen LogP contribution in [-0.4, -0.2) is 111 Å². The molecule has 336 valence electrons. The molecule has 6 rings (SSSR count). The first-order valence-electron chi connectivity index (χ1n) is 20.4. The normalized spacial score (nSPS) is 32.2. The van der Waals surface area contributed by atoms with Crippen molar-refractivity contribution in [1.29, 1.82) is 0 Å². The molecule has 3 aliphatic carbocycles. The predicted molar refractivity (Wildman–Crippen MR) is 220 cm³/mol. The van der Waals surface area contributed by atoms with E-state index in [-0.39, 0.29) is 34.8 Å². The minimum atomic E-state index is -2.32. The van der Waals surface area contributed by atoms with Gasteiger partial charge in [-0.15, -0.1) is 0 Å². The van der Waals surface area contributed by atoms with Crippen molar-refractivity contribution >= 4 is 47.3 Å². The number of ether oxygens (including phenoxy) is 5. The van der Waals surface area contributed by atoms with E-state index in [9.17, 15) is 39.3 Å². The summed E-state index contributed by atoms with van der Waals surface area (Å²) in [6.07, 6.45) is -9.60. The number of hydrogen-bond donors (Lipinski definition) is 5. The molecule has 0 aromatic heterocycles. The van der Waals surface area contributed by atoms with Gasteiger partial charge in [0.15, 0.2) is 23.6 Å². The Morgan fingerprint density at radius 2 is 1.63 bits per heavy atom. The number of carbonyl (C=O) groups is 6. The zero-order valence-corrected chi connectivity index (χ0v) is 36.9. The summed E-state index contributed by atoms with van der Waals surface area (Å²) >= 11 is 6.29. The number of alkyl carbamates (subject to hydrolysis) is 1. The molecule has 1 heterocycles. The average molecular weight is 883 g/mol. The highest BCUT2D eigenvalue weighted by atomic mass is 35.5. The molecule has 17 heteroatoms. The van der Waals surface area contributed by atoms with Gasteiger partial charge < -0.3 is 49.6 Å². The van der Waals surface area contributed by atoms with Crippen LogP contribution in [-0.2, 0) is 42.9 Å². The summed E-state index contributed by atoms with van der Waals surface area (Å²) in [6.45, 7) is 13.0. The van der Waals surface area contributed by atoms with Gasteiger partial charge in [0.1, 0.15) is 17.8 Å². The highest BCUT2D eigenvalue weighted by molar-refractivity contribution is 6.31. The van der Waals surface area contributed by atoms with E-state index in [0.717, 1.165) is 13.8 Å². The molecule has 5 N–H and O–H groups in total. The number of esters is 3. The number of ketones is 1. The minimum Gasteiger partial charge on any atom is -0.456 e. The van der Waals surface area contributed by atoms with Crippen LogP contribution in [0.1, 0.15) is 97.1 Å². The van der Waals surface area contributed by atoms with Gasteiger partial charge in [0.2, 0.25) is 0 Å². The van der Waals surface area contributed by atoms with Crippen molar-refractivity contribution < 1.29 is 67.8 Å². The van der Waals surface area contributed by atoms with Crippen molar-refractivity contribution in [2.24, 2.45) is 16.7 Å². The number of halogens is 1. The molecule has 2 saturated carbocycles. The van der Waals surface area contributed by atoms with Crippen LogP contribution in [0.25, 0.3) is 0 Å². The van der Waals surface area contributed by atoms with Crippen LogP contribution in [0.5, 0.6) is 0 Å². The van der Waals surface area contributed by atoms with E-state index in [4.69, 9.17) is 35.3 Å². The number of aliphatic hydroxyl groups excluding tert-OH is 2. The highest BCUT2D eigenvalue weighted by Crippen LogP contribution is 2.63. The summed E-state index contributed by atoms with van der Waals surface area (Å²) in [5.74, 6) is -6.02. The lowest BCUT2D eigenvalue weighted by Gasteiger charge is -2.68. The second-order valence-corrected chi connectivity index (χ2v) is 18.9. The van der Waals surface area contributed by atoms with E-state index in [2.05, 4.69) is 10.6 Å². The SMILES string of the molecule is CC(=O)O[C@H]1C(=O)[C@@]2(C)C([C@H](NC(=O)c3cccc(Cl)c3)[C@]3(O)C[C@H](OC(=O)[C@@H](O)[C@@H](NC(=O)OC(C)(C)C)c4ccccc4)C(C)=C1C3(C)C)[C@]1(OC(C)=O)CO[C@@H]1C[C@@H]2O. The Labute approximate surface area is 364 Å². The fourth-order valence-corrected chi connectivity index (χ4v) is 10.2. The molecule has 16 nitrogen and oxygen atoms in total. The van der Waals surface area contributed by atoms with Gasteiger partial charge in [-0.25, -0.2) is 9.59 Å². The average Bonchev–Trinajstić information content (AvgIpc) is 3.17. The van der Waals surface area contributed by atoms with Crippen molar-refractivity contribution in [2.45, 2.75) is 135 Å². The molecule has 1 saturated heterocycles. The molecule has 3 fully saturated rings. The summed E-state index contributed by atoms with van der Waals surface area (Å²) in [6, 6.07) is 11.1. The minimum absolute atomic E-state index is 0.00706. The van der Waals surface area contributed by atoms with Gasteiger partial charge in [-0.05, 0) is 69.5 Å². The number of nitrogens with one attached hydrogen (secondary N) is 2. The van der Waals surface area contributed by atoms with Crippen LogP contribution < -0.4 is 10.6 Å². The monoisotopic (exact) mass is 882 g/mol. The van der Waals surface area contributed by atoms with Crippen LogP contribution >= 0.6 is 11.6 Å². The first-order valence-corrected chi connectivity index (χ1v) is 20.8. The van der Waals surface area contributed by atoms with Crippen molar-refractivity contribution in [1.82, 2.24) is 10.6 Å². The first kappa shape index (κ1) is 46.6. The molecule has 0 spiro atoms. The van der Waals surface area contributed by atoms with E-state index in [1.165, 1.54) is 32.0 Å². The Hall–Kier alpha value is -4.87. The van der Waals surface area contributed by atoms with Gasteiger partial charge in [0.25, 0.3) is 5.91 Å². The lowest BCUT2D eigenvalue weighted by atomic mass is 9.44. The maximum atomic E-state index is 15.5. The Kier molecular flexibility index (Phi) is 12.5. The molecule has 2 bridgehead atoms. The molecule has 62 heavy (non-hydrogen) atoms. The fourth-order valence-electron chi connectivity index (χ4n) is 10.0. The lowest BCUT2D eigenvalue weighted by Crippen LogP contribution is -2.83. The Bertz CT molecular complexity index is 2170. The van der Waals surface area contributed by atoms with Crippen LogP contribution in [0.15, 0.2) is 65.7 Å². The summed E-state index contributed by atoms with van der Waals surface area (Å²) in [4.78, 5) is 83.2. The van der Waals surface area contributed by atoms with E-state index in [1.807, 2.05) is 0 Å². The van der Waals surface area contributed by atoms with Crippen LogP contribution in [0.3, 0.4) is 0 Å². The number of carbonyl (C=O) groups excluding carboxylic acids is 6. The largest absolute Gasteiger partial charge is 0.456 e. The number of amides is 2. The molecule has 2 amide bonds. The van der Waals surface area contributed by atoms with Crippen LogP contribution in [0, 0.1) is 16.7 Å². The topological polar surface area (TPSA) is 233 Å². The van der Waals surface area contributed by atoms with E-state index in [1.54, 1.807) is 71.0 Å². The van der Waals surface area contributed by atoms with E-state index in [0.29, 0.717) is 5.56 Å². The maximum absolute atomic E-state index is 15.5. The van der Waals surface area contributed by atoms with E-state index >= 15 is 4.79 Å². The van der Waals surface area contributed by atoms with Gasteiger partial charge in [-0.2, -0.15) is 0 Å². The smallest absolute Gasteiger partial charge is 0.408 e. The Morgan fingerprint density at radius 3 is 2.19 bits per heavy atom. The first-order chi connectivity index (χ1) is 28.8. The molecular weight excluding hydrogens is 828 g/mol. The van der Waals surface area contributed by atoms with Gasteiger partial charge in [-0.3, -0.25) is 19.2 Å². The van der Waals surface area contributed by atoms with E-state index < -0.39 is 118 Å². The molecular formula is C45H55ClN2O14. The number of benzene rings is 2. The maximum Gasteiger partial charge on any atom is 0.408 e. The third kappa shape index (κ3) is 8.11. The summed E-state index contributed by atoms with van der Waals surface area (Å²) < 4.78 is 29.3. The zero-order valence-electron chi connectivity index (χ0n) is 36.1. The number of rotatable bonds is 9. The van der Waals surface area contributed by atoms with Gasteiger partial charge in [0.05, 0.1) is 35.8 Å². The fraction of sp³-hybridized carbons (Fsp3) is 0.556. The quantitative estimate of drug-likeness (QED) is 0.136. The Morgan fingerprint density at radius 1 is 0.968 bits per heavy atom. The molecule has 11 atom stereocenters. The second kappa shape index (κ2) is 16.7. The predicted octanol–water partition coefficient (Wildman–Crippen LogP) is 4.06. The molecule has 2 aromatic rings. The van der Waals surface area contributed by atoms with Crippen LogP contribution in [0.2, 0.25) is 5.02 Å². The lowest BCUT2D eigenvalue weighted by molar-refractivity contribution is -0.332. The van der Waals surface area contributed by atoms with Gasteiger partial charge in [0, 0.05) is 48.6 Å². The third-order valence-electron chi connectivity index (χ3n) is 13.0. The summed E-state index contributed by atoms with van der Waals surface area (Å²) in [7, 11) is 0. The molecule has 2 aromatic carbocycles. The van der Waals surface area contributed by atoms with Crippen molar-refractivity contribution in [3.63, 3.8) is 0 Å². The molecule has 0 radical (unpaired) electrons. The van der Waals surface area contributed by atoms with Gasteiger partial charge in [-0.1, -0.05) is 61.8 Å². The summed E-state index contributed by atoms with van der Waals surface area (Å²) in [5.41, 5.74) is -8.10. The number of hydrogen-bond acceptors (Lipinski definition) is 14. The third-order valence-corrected chi connectivity index (χ3v) is 13.3. The second-order valence-electron chi connectivity index (χ2n) is 18.4. The highest BCUT2D eigenvalue weighted by Gasteiger charge is 2.77. The number of Topliss-reactive ketones (excluding diaryl/α,β-unsaturated/α-hetero) is 1. The zero-order chi connectivity index (χ0) is 45.9. The molecule has 4 aliphatic rings. The Balaban J connectivity index is 1.54. The number of aliphatic hydroxyl groups is 3. The van der Waals surface area contributed by atoms with Crippen molar-refractivity contribution in [3.05, 3.63) is 81.9 Å². The van der Waals surface area contributed by atoms with Crippen molar-refractivity contribution in [2.75, 3.05) is 6.61 Å². The summed E-state index contributed by atoms with van der Waals surface area (Å²) in [5, 5.41) is 43.2. The standard InChI is InChI=1S/C45H55ClN2O14/c1-22-28(60-39(55)33(52)32(25-14-11-10-12-15-25)47-40(56)62-41(4,5)6)20-45(57)36(48-38(54)26-16-13-17-27(46)18-26)35-43(9,29(51)19-30-44(35,21-58-30)61-24(3)50)37(53)34(59-23(2)49)31(22)42(45,7)8/h10-18,28-30,32-36,51-52,57H,19-21H2,1-9H3,(H,47,56)(H,48,54)/t28-,29-,30+,32-,33-,34+,35?,36-,43+,44-,45+/m0/s1. The van der Waals surface area contributed by atoms with Gasteiger partial charge >= 0.3 is 24.0 Å². The molecule has 1 aliphatic heterocycles. The van der Waals surface area contributed by atoms with Crippen LogP contribution in [0.4, 0.5) is 4.79 Å². The molecule has 1 unspecified atom stereocenters. The van der Waals surface area contributed by atoms with Crippen molar-refractivity contribution in [3.8, 4) is 0 Å². The number of fused-ring (bicyclic) bond motifs is 5.